The molecule has 0 spiro atoms. The van der Waals surface area contributed by atoms with Gasteiger partial charge in [-0.3, -0.25) is 14.3 Å². The minimum Gasteiger partial charge on any atom is -0.394 e. The highest BCUT2D eigenvalue weighted by Crippen LogP contribution is 2.27. The van der Waals surface area contributed by atoms with Gasteiger partial charge in [0.25, 0.3) is 5.56 Å². The number of hydrogen-bond donors (Lipinski definition) is 4. The number of hydrogen-bond acceptors (Lipinski definition) is 6. The molecule has 1 unspecified atom stereocenters. The van der Waals surface area contributed by atoms with Crippen LogP contribution < -0.4 is 16.6 Å². The van der Waals surface area contributed by atoms with E-state index < -0.39 is 29.7 Å². The second-order valence-electron chi connectivity index (χ2n) is 4.49. The fraction of sp³-hybridized carbons (Fsp3) is 0.500. The molecule has 110 valence electrons. The van der Waals surface area contributed by atoms with Crippen molar-refractivity contribution in [2.75, 3.05) is 18.5 Å². The Morgan fingerprint density at radius 3 is 2.95 bits per heavy atom. The SMILES string of the molecule is C=CCNc1cn([C@@H]2CC(O)[C@H](CO)O2)c(=O)[nH]c1=O. The van der Waals surface area contributed by atoms with Crippen molar-refractivity contribution >= 4 is 5.69 Å². The van der Waals surface area contributed by atoms with Crippen LogP contribution in [0.15, 0.2) is 28.4 Å². The summed E-state index contributed by atoms with van der Waals surface area (Å²) in [7, 11) is 0. The zero-order chi connectivity index (χ0) is 14.7. The highest BCUT2D eigenvalue weighted by Gasteiger charge is 2.35. The molecule has 1 aliphatic heterocycles. The van der Waals surface area contributed by atoms with E-state index in [1.165, 1.54) is 10.8 Å². The largest absolute Gasteiger partial charge is 0.394 e. The number of nitrogens with zero attached hydrogens (tertiary/aromatic N) is 1. The van der Waals surface area contributed by atoms with Gasteiger partial charge in [-0.15, -0.1) is 6.58 Å². The first-order valence-electron chi connectivity index (χ1n) is 6.21. The molecule has 0 bridgehead atoms. The van der Waals surface area contributed by atoms with Gasteiger partial charge in [0.05, 0.1) is 12.7 Å². The van der Waals surface area contributed by atoms with Crippen LogP contribution in [0.2, 0.25) is 0 Å². The van der Waals surface area contributed by atoms with Gasteiger partial charge in [0, 0.05) is 19.2 Å². The fourth-order valence-corrected chi connectivity index (χ4v) is 2.06. The van der Waals surface area contributed by atoms with E-state index in [0.717, 1.165) is 0 Å². The van der Waals surface area contributed by atoms with Crippen molar-refractivity contribution in [2.45, 2.75) is 24.9 Å². The fourth-order valence-electron chi connectivity index (χ4n) is 2.06. The minimum absolute atomic E-state index is 0.165. The number of nitrogens with one attached hydrogen (secondary N) is 2. The number of rotatable bonds is 5. The van der Waals surface area contributed by atoms with E-state index in [-0.39, 0.29) is 18.7 Å². The van der Waals surface area contributed by atoms with Crippen LogP contribution >= 0.6 is 0 Å². The Morgan fingerprint density at radius 2 is 2.35 bits per heavy atom. The molecule has 2 heterocycles. The lowest BCUT2D eigenvalue weighted by molar-refractivity contribution is -0.0458. The van der Waals surface area contributed by atoms with Crippen molar-refractivity contribution in [1.82, 2.24) is 9.55 Å². The van der Waals surface area contributed by atoms with E-state index in [0.29, 0.717) is 6.54 Å². The van der Waals surface area contributed by atoms with Crippen LogP contribution in [0.3, 0.4) is 0 Å². The smallest absolute Gasteiger partial charge is 0.330 e. The molecule has 1 aromatic rings. The summed E-state index contributed by atoms with van der Waals surface area (Å²) in [5, 5.41) is 21.5. The zero-order valence-corrected chi connectivity index (χ0v) is 10.8. The maximum atomic E-state index is 11.8. The van der Waals surface area contributed by atoms with Gasteiger partial charge in [0.1, 0.15) is 18.0 Å². The summed E-state index contributed by atoms with van der Waals surface area (Å²) in [6, 6.07) is 0. The summed E-state index contributed by atoms with van der Waals surface area (Å²) in [4.78, 5) is 25.6. The van der Waals surface area contributed by atoms with Crippen molar-refractivity contribution in [3.05, 3.63) is 39.7 Å². The highest BCUT2D eigenvalue weighted by molar-refractivity contribution is 5.38. The molecule has 0 amide bonds. The predicted octanol–water partition coefficient (Wildman–Crippen LogP) is -1.22. The van der Waals surface area contributed by atoms with Crippen LogP contribution in [0.4, 0.5) is 5.69 Å². The first-order chi connectivity index (χ1) is 9.56. The molecule has 8 nitrogen and oxygen atoms in total. The molecule has 20 heavy (non-hydrogen) atoms. The molecule has 0 aliphatic carbocycles. The molecule has 3 atom stereocenters. The van der Waals surface area contributed by atoms with Crippen LogP contribution in [-0.2, 0) is 4.74 Å². The van der Waals surface area contributed by atoms with E-state index in [9.17, 15) is 14.7 Å². The van der Waals surface area contributed by atoms with Crippen molar-refractivity contribution in [1.29, 1.82) is 0 Å². The minimum atomic E-state index is -0.853. The normalized spacial score (nSPS) is 25.6. The maximum Gasteiger partial charge on any atom is 0.330 e. The molecule has 4 N–H and O–H groups in total. The Bertz CT molecular complexity index is 593. The number of aliphatic hydroxyl groups is 2. The Hall–Kier alpha value is -1.90. The summed E-state index contributed by atoms with van der Waals surface area (Å²) in [6.07, 6.45) is 0.763. The first kappa shape index (κ1) is 14.5. The van der Waals surface area contributed by atoms with Crippen LogP contribution in [0.5, 0.6) is 0 Å². The summed E-state index contributed by atoms with van der Waals surface area (Å²) < 4.78 is 6.57. The number of ether oxygens (including phenoxy) is 1. The Kier molecular flexibility index (Phi) is 4.38. The average Bonchev–Trinajstić information content (AvgIpc) is 2.79. The van der Waals surface area contributed by atoms with Crippen molar-refractivity contribution in [2.24, 2.45) is 0 Å². The van der Waals surface area contributed by atoms with Gasteiger partial charge >= 0.3 is 5.69 Å². The third-order valence-corrected chi connectivity index (χ3v) is 3.10. The first-order valence-corrected chi connectivity index (χ1v) is 6.21. The van der Waals surface area contributed by atoms with Crippen LogP contribution in [0, 0.1) is 0 Å². The van der Waals surface area contributed by atoms with E-state index in [2.05, 4.69) is 16.9 Å². The van der Waals surface area contributed by atoms with Gasteiger partial charge in [-0.2, -0.15) is 0 Å². The lowest BCUT2D eigenvalue weighted by Crippen LogP contribution is -2.33. The molecule has 0 radical (unpaired) electrons. The summed E-state index contributed by atoms with van der Waals surface area (Å²) >= 11 is 0. The van der Waals surface area contributed by atoms with E-state index in [4.69, 9.17) is 9.84 Å². The average molecular weight is 283 g/mol. The number of aromatic nitrogens is 2. The Balaban J connectivity index is 2.30. The van der Waals surface area contributed by atoms with E-state index in [1.54, 1.807) is 6.08 Å². The van der Waals surface area contributed by atoms with Gasteiger partial charge in [0.15, 0.2) is 0 Å². The van der Waals surface area contributed by atoms with Crippen molar-refractivity contribution in [3.63, 3.8) is 0 Å². The number of H-pyrrole nitrogens is 1. The molecule has 1 aliphatic rings. The Morgan fingerprint density at radius 1 is 1.60 bits per heavy atom. The molecule has 8 heteroatoms. The van der Waals surface area contributed by atoms with Crippen LogP contribution in [0.25, 0.3) is 0 Å². The van der Waals surface area contributed by atoms with Gasteiger partial charge in [0.2, 0.25) is 0 Å². The Labute approximate surface area is 114 Å². The number of aliphatic hydroxyl groups excluding tert-OH is 2. The van der Waals surface area contributed by atoms with E-state index in [1.807, 2.05) is 0 Å². The molecule has 0 aromatic carbocycles. The van der Waals surface area contributed by atoms with Gasteiger partial charge in [-0.05, 0) is 0 Å². The lowest BCUT2D eigenvalue weighted by atomic mass is 10.2. The number of anilines is 1. The molecule has 0 saturated carbocycles. The lowest BCUT2D eigenvalue weighted by Gasteiger charge is -2.15. The monoisotopic (exact) mass is 283 g/mol. The van der Waals surface area contributed by atoms with Gasteiger partial charge in [-0.25, -0.2) is 4.79 Å². The molecule has 1 saturated heterocycles. The molecule has 1 aromatic heterocycles. The molecule has 2 rings (SSSR count). The zero-order valence-electron chi connectivity index (χ0n) is 10.8. The standard InChI is InChI=1S/C12H17N3O5/c1-2-3-13-7-5-15(12(19)14-11(7)18)10-4-8(17)9(6-16)20-10/h2,5,8-10,13,16-17H,1,3-4,6H2,(H,14,18,19)/t8?,9-,10-/m0/s1. The highest BCUT2D eigenvalue weighted by atomic mass is 16.5. The van der Waals surface area contributed by atoms with Gasteiger partial charge in [-0.1, -0.05) is 6.08 Å². The van der Waals surface area contributed by atoms with Crippen molar-refractivity contribution in [3.8, 4) is 0 Å². The van der Waals surface area contributed by atoms with Gasteiger partial charge < -0.3 is 20.3 Å². The predicted molar refractivity (Wildman–Crippen MR) is 71.6 cm³/mol. The summed E-state index contributed by atoms with van der Waals surface area (Å²) in [6.45, 7) is 3.56. The number of aromatic amines is 1. The second-order valence-corrected chi connectivity index (χ2v) is 4.49. The third kappa shape index (κ3) is 2.82. The third-order valence-electron chi connectivity index (χ3n) is 3.10. The van der Waals surface area contributed by atoms with E-state index >= 15 is 0 Å². The maximum absolute atomic E-state index is 11.8. The second kappa shape index (κ2) is 6.04. The van der Waals surface area contributed by atoms with Crippen LogP contribution in [-0.4, -0.2) is 45.1 Å². The quantitative estimate of drug-likeness (QED) is 0.503. The summed E-state index contributed by atoms with van der Waals surface area (Å²) in [5.41, 5.74) is -0.963. The van der Waals surface area contributed by atoms with Crippen LogP contribution in [0.1, 0.15) is 12.6 Å². The molecular weight excluding hydrogens is 266 g/mol. The summed E-state index contributed by atoms with van der Waals surface area (Å²) in [5.74, 6) is 0. The molecule has 1 fully saturated rings. The topological polar surface area (TPSA) is 117 Å². The van der Waals surface area contributed by atoms with Crippen molar-refractivity contribution < 1.29 is 14.9 Å². The molecular formula is C12H17N3O5.